The number of aliphatic carboxylic acids is 1. The third-order valence-electron chi connectivity index (χ3n) is 2.50. The zero-order chi connectivity index (χ0) is 18.3. The Morgan fingerprint density at radius 1 is 1.17 bits per heavy atom. The Balaban J connectivity index is 0. The van der Waals surface area contributed by atoms with Crippen molar-refractivity contribution < 1.29 is 33.8 Å². The van der Waals surface area contributed by atoms with Crippen LogP contribution in [0.15, 0.2) is 0 Å². The van der Waals surface area contributed by atoms with Crippen LogP contribution in [0, 0.1) is 5.92 Å². The van der Waals surface area contributed by atoms with E-state index in [9.17, 15) is 19.2 Å². The predicted octanol–water partition coefficient (Wildman–Crippen LogP) is 2.02. The molecule has 0 spiro atoms. The minimum atomic E-state index is -1.03. The van der Waals surface area contributed by atoms with Gasteiger partial charge in [-0.3, -0.25) is 14.4 Å². The van der Waals surface area contributed by atoms with Gasteiger partial charge in [0.15, 0.2) is 0 Å². The molecule has 0 aromatic rings. The summed E-state index contributed by atoms with van der Waals surface area (Å²) in [7, 11) is 0. The molecule has 0 rings (SSSR count). The highest BCUT2D eigenvalue weighted by Crippen LogP contribution is 2.12. The fourth-order valence-corrected chi connectivity index (χ4v) is 1.52. The SMILES string of the molecule is CC(=O)NCC(=O)O.CCCC(CC)C(=O)OCOC(=O)SC. The summed E-state index contributed by atoms with van der Waals surface area (Å²) in [6.07, 6.45) is 4.11. The monoisotopic (exact) mass is 351 g/mol. The molecule has 0 aromatic carbocycles. The molecule has 0 radical (unpaired) electrons. The quantitative estimate of drug-likeness (QED) is 0.503. The van der Waals surface area contributed by atoms with E-state index in [-0.39, 0.29) is 31.1 Å². The normalized spacial score (nSPS) is 10.6. The number of nitrogens with one attached hydrogen (secondary N) is 1. The Hall–Kier alpha value is -1.77. The van der Waals surface area contributed by atoms with Crippen molar-refractivity contribution in [1.29, 1.82) is 0 Å². The van der Waals surface area contributed by atoms with Gasteiger partial charge in [-0.15, -0.1) is 0 Å². The Morgan fingerprint density at radius 2 is 1.78 bits per heavy atom. The summed E-state index contributed by atoms with van der Waals surface area (Å²) in [5.74, 6) is -1.72. The lowest BCUT2D eigenvalue weighted by atomic mass is 10.0. The van der Waals surface area contributed by atoms with Gasteiger partial charge in [-0.1, -0.05) is 20.3 Å². The van der Waals surface area contributed by atoms with Gasteiger partial charge in [-0.05, 0) is 30.9 Å². The molecule has 1 unspecified atom stereocenters. The molecule has 0 heterocycles. The molecular formula is C14H25NO7S. The lowest BCUT2D eigenvalue weighted by molar-refractivity contribution is -0.156. The van der Waals surface area contributed by atoms with Crippen molar-refractivity contribution in [2.24, 2.45) is 5.92 Å². The summed E-state index contributed by atoms with van der Waals surface area (Å²) in [6, 6.07) is 0. The van der Waals surface area contributed by atoms with Gasteiger partial charge in [0.1, 0.15) is 6.54 Å². The van der Waals surface area contributed by atoms with E-state index in [1.54, 1.807) is 6.26 Å². The fourth-order valence-electron chi connectivity index (χ4n) is 1.35. The van der Waals surface area contributed by atoms with E-state index in [2.05, 4.69) is 10.1 Å². The molecule has 0 saturated heterocycles. The topological polar surface area (TPSA) is 119 Å². The molecule has 0 fully saturated rings. The number of carboxylic acid groups (broad SMARTS) is 1. The van der Waals surface area contributed by atoms with Crippen LogP contribution >= 0.6 is 11.8 Å². The maximum Gasteiger partial charge on any atom is 0.369 e. The number of rotatable bonds is 8. The molecule has 1 atom stereocenters. The van der Waals surface area contributed by atoms with Gasteiger partial charge in [-0.2, -0.15) is 0 Å². The summed E-state index contributed by atoms with van der Waals surface area (Å²) in [5.41, 5.74) is 0. The van der Waals surface area contributed by atoms with Crippen LogP contribution in [0.4, 0.5) is 4.79 Å². The third-order valence-corrected chi connectivity index (χ3v) is 2.95. The Labute approximate surface area is 140 Å². The number of ether oxygens (including phenoxy) is 2. The van der Waals surface area contributed by atoms with Crippen molar-refractivity contribution in [3.8, 4) is 0 Å². The maximum absolute atomic E-state index is 11.4. The van der Waals surface area contributed by atoms with Gasteiger partial charge in [0.2, 0.25) is 12.7 Å². The first kappa shape index (κ1) is 23.5. The molecule has 8 nitrogen and oxygen atoms in total. The molecule has 0 bridgehead atoms. The molecule has 23 heavy (non-hydrogen) atoms. The number of carbonyl (C=O) groups is 4. The number of carboxylic acids is 1. The largest absolute Gasteiger partial charge is 0.480 e. The lowest BCUT2D eigenvalue weighted by Gasteiger charge is -2.12. The summed E-state index contributed by atoms with van der Waals surface area (Å²) in [6.45, 7) is 4.65. The van der Waals surface area contributed by atoms with E-state index in [4.69, 9.17) is 9.84 Å². The van der Waals surface area contributed by atoms with Gasteiger partial charge < -0.3 is 19.9 Å². The summed E-state index contributed by atoms with van der Waals surface area (Å²) < 4.78 is 9.44. The molecule has 1 amide bonds. The van der Waals surface area contributed by atoms with E-state index >= 15 is 0 Å². The number of esters is 1. The highest BCUT2D eigenvalue weighted by atomic mass is 32.2. The van der Waals surface area contributed by atoms with Crippen LogP contribution in [0.2, 0.25) is 0 Å². The summed E-state index contributed by atoms with van der Waals surface area (Å²) in [5, 5.41) is 9.62. The standard InChI is InChI=1S/C10H18O4S.C4H7NO3/c1-4-6-8(5-2)9(11)13-7-14-10(12)15-3;1-3(6)5-2-4(7)8/h8H,4-7H2,1-3H3;2H2,1H3,(H,5,6)(H,7,8). The predicted molar refractivity (Wildman–Crippen MR) is 86.0 cm³/mol. The van der Waals surface area contributed by atoms with Crippen LogP contribution < -0.4 is 5.32 Å². The van der Waals surface area contributed by atoms with Crippen molar-refractivity contribution in [2.45, 2.75) is 40.0 Å². The fraction of sp³-hybridized carbons (Fsp3) is 0.714. The van der Waals surface area contributed by atoms with Gasteiger partial charge in [0.25, 0.3) is 0 Å². The van der Waals surface area contributed by atoms with Crippen molar-refractivity contribution in [2.75, 3.05) is 19.6 Å². The minimum absolute atomic E-state index is 0.0806. The number of hydrogen-bond donors (Lipinski definition) is 2. The molecule has 134 valence electrons. The van der Waals surface area contributed by atoms with E-state index < -0.39 is 11.3 Å². The molecule has 0 saturated carbocycles. The van der Waals surface area contributed by atoms with Crippen LogP contribution in [0.1, 0.15) is 40.0 Å². The Bertz CT molecular complexity index is 373. The molecular weight excluding hydrogens is 326 g/mol. The smallest absolute Gasteiger partial charge is 0.369 e. The van der Waals surface area contributed by atoms with Crippen LogP contribution in [0.5, 0.6) is 0 Å². The molecule has 9 heteroatoms. The molecule has 0 aliphatic rings. The molecule has 0 aromatic heterocycles. The number of carbonyl (C=O) groups excluding carboxylic acids is 3. The van der Waals surface area contributed by atoms with Crippen LogP contribution in [0.25, 0.3) is 0 Å². The number of amides is 1. The van der Waals surface area contributed by atoms with E-state index in [0.29, 0.717) is 0 Å². The second-order valence-electron chi connectivity index (χ2n) is 4.38. The molecule has 0 aliphatic heterocycles. The lowest BCUT2D eigenvalue weighted by Crippen LogP contribution is -2.26. The Morgan fingerprint density at radius 3 is 2.13 bits per heavy atom. The van der Waals surface area contributed by atoms with Gasteiger partial charge in [-0.25, -0.2) is 4.79 Å². The first-order chi connectivity index (χ1) is 10.8. The minimum Gasteiger partial charge on any atom is -0.480 e. The Kier molecular flexibility index (Phi) is 15.5. The van der Waals surface area contributed by atoms with Crippen LogP contribution in [0.3, 0.4) is 0 Å². The van der Waals surface area contributed by atoms with Crippen LogP contribution in [-0.2, 0) is 23.9 Å². The second-order valence-corrected chi connectivity index (χ2v) is 5.12. The molecule has 2 N–H and O–H groups in total. The highest BCUT2D eigenvalue weighted by Gasteiger charge is 2.17. The summed E-state index contributed by atoms with van der Waals surface area (Å²) >= 11 is 0.948. The third kappa shape index (κ3) is 16.4. The van der Waals surface area contributed by atoms with Gasteiger partial charge in [0.05, 0.1) is 5.92 Å². The van der Waals surface area contributed by atoms with Crippen molar-refractivity contribution in [3.63, 3.8) is 0 Å². The first-order valence-electron chi connectivity index (χ1n) is 7.11. The van der Waals surface area contributed by atoms with Crippen molar-refractivity contribution in [3.05, 3.63) is 0 Å². The summed E-state index contributed by atoms with van der Waals surface area (Å²) in [4.78, 5) is 41.8. The van der Waals surface area contributed by atoms with E-state index in [0.717, 1.165) is 31.0 Å². The highest BCUT2D eigenvalue weighted by molar-refractivity contribution is 8.12. The first-order valence-corrected chi connectivity index (χ1v) is 8.34. The van der Waals surface area contributed by atoms with Crippen LogP contribution in [-0.4, -0.2) is 47.8 Å². The average Bonchev–Trinajstić information content (AvgIpc) is 2.50. The van der Waals surface area contributed by atoms with E-state index in [1.165, 1.54) is 6.92 Å². The van der Waals surface area contributed by atoms with E-state index in [1.807, 2.05) is 13.8 Å². The average molecular weight is 351 g/mol. The molecule has 0 aliphatic carbocycles. The second kappa shape index (κ2) is 15.1. The zero-order valence-electron chi connectivity index (χ0n) is 13.9. The van der Waals surface area contributed by atoms with Gasteiger partial charge in [0, 0.05) is 6.92 Å². The van der Waals surface area contributed by atoms with Gasteiger partial charge >= 0.3 is 17.2 Å². The maximum atomic E-state index is 11.4. The number of hydrogen-bond acceptors (Lipinski definition) is 7. The zero-order valence-corrected chi connectivity index (χ0v) is 14.7. The number of thioether (sulfide) groups is 1. The van der Waals surface area contributed by atoms with Crippen molar-refractivity contribution >= 4 is 34.9 Å². The van der Waals surface area contributed by atoms with Crippen molar-refractivity contribution in [1.82, 2.24) is 5.32 Å².